The summed E-state index contributed by atoms with van der Waals surface area (Å²) < 4.78 is 0. The van der Waals surface area contributed by atoms with Crippen molar-refractivity contribution < 1.29 is 24.3 Å². The quantitative estimate of drug-likeness (QED) is 0.202. The summed E-state index contributed by atoms with van der Waals surface area (Å²) in [6.07, 6.45) is 1.57. The zero-order valence-electron chi connectivity index (χ0n) is 13.8. The molecule has 0 aliphatic heterocycles. The van der Waals surface area contributed by atoms with Crippen molar-refractivity contribution in [1.29, 1.82) is 0 Å². The molecule has 138 valence electrons. The van der Waals surface area contributed by atoms with Gasteiger partial charge in [-0.25, -0.2) is 0 Å². The van der Waals surface area contributed by atoms with E-state index in [1.54, 1.807) is 0 Å². The number of carbonyl (C=O) groups excluding carboxylic acids is 3. The van der Waals surface area contributed by atoms with Gasteiger partial charge in [-0.2, -0.15) is 0 Å². The van der Waals surface area contributed by atoms with Gasteiger partial charge < -0.3 is 32.5 Å². The van der Waals surface area contributed by atoms with E-state index in [1.807, 2.05) is 0 Å². The molecule has 0 saturated heterocycles. The lowest BCUT2D eigenvalue weighted by Gasteiger charge is -2.21. The normalized spacial score (nSPS) is 12.9. The number of hydrogen-bond donors (Lipinski definition) is 6. The Morgan fingerprint density at radius 2 is 1.71 bits per heavy atom. The number of nitrogens with two attached hydrogens (primary N) is 2. The average Bonchev–Trinajstić information content (AvgIpc) is 2.52. The molecule has 0 spiro atoms. The first-order chi connectivity index (χ1) is 11.3. The molecule has 0 fully saturated rings. The number of rotatable bonds is 13. The number of nitrogens with one attached hydrogen (secondary N) is 3. The molecule has 24 heavy (non-hydrogen) atoms. The second kappa shape index (κ2) is 12.3. The molecule has 3 amide bonds. The lowest BCUT2D eigenvalue weighted by atomic mass is 10.1. The minimum atomic E-state index is -1.01. The van der Waals surface area contributed by atoms with Crippen molar-refractivity contribution in [3.05, 3.63) is 0 Å². The highest BCUT2D eigenvalue weighted by atomic mass is 16.4. The average molecular weight is 345 g/mol. The molecule has 0 saturated carbocycles. The fraction of sp³-hybridized carbons (Fsp3) is 0.714. The van der Waals surface area contributed by atoms with Crippen LogP contribution in [0, 0.1) is 0 Å². The van der Waals surface area contributed by atoms with Gasteiger partial charge in [-0.1, -0.05) is 0 Å². The van der Waals surface area contributed by atoms with Gasteiger partial charge in [0.1, 0.15) is 6.04 Å². The molecule has 2 unspecified atom stereocenters. The predicted octanol–water partition coefficient (Wildman–Crippen LogP) is -2.35. The highest BCUT2D eigenvalue weighted by Gasteiger charge is 2.25. The molecule has 0 aromatic rings. The maximum atomic E-state index is 12.2. The van der Waals surface area contributed by atoms with Gasteiger partial charge in [0.15, 0.2) is 0 Å². The van der Waals surface area contributed by atoms with Crippen LogP contribution in [0.2, 0.25) is 0 Å². The van der Waals surface area contributed by atoms with Crippen LogP contribution in [-0.2, 0) is 19.2 Å². The summed E-state index contributed by atoms with van der Waals surface area (Å²) >= 11 is 0. The summed E-state index contributed by atoms with van der Waals surface area (Å²) in [5, 5.41) is 16.3. The van der Waals surface area contributed by atoms with E-state index >= 15 is 0 Å². The molecule has 0 rings (SSSR count). The highest BCUT2D eigenvalue weighted by molar-refractivity contribution is 5.91. The number of aliphatic carboxylic acids is 1. The largest absolute Gasteiger partial charge is 0.481 e. The van der Waals surface area contributed by atoms with Gasteiger partial charge in [0.25, 0.3) is 0 Å². The number of primary amides is 1. The molecule has 10 nitrogen and oxygen atoms in total. The summed E-state index contributed by atoms with van der Waals surface area (Å²) in [5.41, 5.74) is 10.4. The number of carboxylic acids is 1. The molecule has 0 bridgehead atoms. The summed E-state index contributed by atoms with van der Waals surface area (Å²) in [4.78, 5) is 45.7. The van der Waals surface area contributed by atoms with Gasteiger partial charge in [-0.05, 0) is 39.3 Å². The molecular formula is C14H27N5O5. The van der Waals surface area contributed by atoms with Crippen LogP contribution in [0.3, 0.4) is 0 Å². The predicted molar refractivity (Wildman–Crippen MR) is 86.8 cm³/mol. The van der Waals surface area contributed by atoms with Crippen LogP contribution in [-0.4, -0.2) is 61.0 Å². The highest BCUT2D eigenvalue weighted by Crippen LogP contribution is 2.04. The lowest BCUT2D eigenvalue weighted by Crippen LogP contribution is -2.53. The molecule has 0 aromatic carbocycles. The summed E-state index contributed by atoms with van der Waals surface area (Å²) in [7, 11) is 1.53. The van der Waals surface area contributed by atoms with Crippen molar-refractivity contribution >= 4 is 23.7 Å². The van der Waals surface area contributed by atoms with E-state index < -0.39 is 35.8 Å². The first-order valence-corrected chi connectivity index (χ1v) is 7.77. The monoisotopic (exact) mass is 345 g/mol. The molecule has 0 aliphatic rings. The Bertz CT molecular complexity index is 443. The third-order valence-corrected chi connectivity index (χ3v) is 3.33. The molecule has 0 heterocycles. The fourth-order valence-electron chi connectivity index (χ4n) is 2.01. The Morgan fingerprint density at radius 1 is 1.04 bits per heavy atom. The topological polar surface area (TPSA) is 177 Å². The fourth-order valence-corrected chi connectivity index (χ4v) is 2.01. The van der Waals surface area contributed by atoms with Crippen molar-refractivity contribution in [3.63, 3.8) is 0 Å². The molecule has 0 radical (unpaired) electrons. The molecule has 10 heteroatoms. The standard InChI is InChI=1S/C14H27N5O5/c1-17-9(5-6-12(21)22)14(24)19-10(4-2-3-7-15)13(23)18-8-11(16)20/h9-10,17H,2-8,15H2,1H3,(H2,16,20)(H,18,23)(H,19,24)(H,21,22). The van der Waals surface area contributed by atoms with Crippen molar-refractivity contribution in [3.8, 4) is 0 Å². The van der Waals surface area contributed by atoms with Gasteiger partial charge in [0, 0.05) is 6.42 Å². The van der Waals surface area contributed by atoms with E-state index in [1.165, 1.54) is 7.05 Å². The Labute approximate surface area is 140 Å². The van der Waals surface area contributed by atoms with Crippen LogP contribution in [0.15, 0.2) is 0 Å². The molecule has 2 atom stereocenters. The minimum absolute atomic E-state index is 0.0933. The lowest BCUT2D eigenvalue weighted by molar-refractivity contribution is -0.137. The van der Waals surface area contributed by atoms with Gasteiger partial charge in [0.2, 0.25) is 17.7 Å². The first-order valence-electron chi connectivity index (χ1n) is 7.77. The van der Waals surface area contributed by atoms with E-state index in [-0.39, 0.29) is 19.4 Å². The van der Waals surface area contributed by atoms with Crippen molar-refractivity contribution in [1.82, 2.24) is 16.0 Å². The van der Waals surface area contributed by atoms with Crippen LogP contribution in [0.25, 0.3) is 0 Å². The number of carboxylic acid groups (broad SMARTS) is 1. The zero-order valence-corrected chi connectivity index (χ0v) is 13.8. The van der Waals surface area contributed by atoms with Crippen LogP contribution >= 0.6 is 0 Å². The first kappa shape index (κ1) is 21.8. The van der Waals surface area contributed by atoms with Crippen LogP contribution in [0.4, 0.5) is 0 Å². The van der Waals surface area contributed by atoms with Crippen molar-refractivity contribution in [2.45, 2.75) is 44.2 Å². The van der Waals surface area contributed by atoms with E-state index in [4.69, 9.17) is 16.6 Å². The third kappa shape index (κ3) is 9.74. The third-order valence-electron chi connectivity index (χ3n) is 3.33. The summed E-state index contributed by atoms with van der Waals surface area (Å²) in [5.74, 6) is -2.70. The summed E-state index contributed by atoms with van der Waals surface area (Å²) in [6.45, 7) is 0.137. The van der Waals surface area contributed by atoms with Crippen LogP contribution < -0.4 is 27.4 Å². The molecular weight excluding hydrogens is 318 g/mol. The Kier molecular flexibility index (Phi) is 11.1. The Balaban J connectivity index is 4.74. The molecule has 8 N–H and O–H groups in total. The Hall–Kier alpha value is -2.20. The maximum absolute atomic E-state index is 12.2. The van der Waals surface area contributed by atoms with Gasteiger partial charge in [-0.3, -0.25) is 19.2 Å². The van der Waals surface area contributed by atoms with Gasteiger partial charge in [0.05, 0.1) is 12.6 Å². The number of likely N-dealkylation sites (N-methyl/N-ethyl adjacent to an activating group) is 1. The van der Waals surface area contributed by atoms with E-state index in [2.05, 4.69) is 16.0 Å². The summed E-state index contributed by atoms with van der Waals surface area (Å²) in [6, 6.07) is -1.58. The zero-order chi connectivity index (χ0) is 18.5. The molecule has 0 aromatic heterocycles. The van der Waals surface area contributed by atoms with Gasteiger partial charge >= 0.3 is 5.97 Å². The minimum Gasteiger partial charge on any atom is -0.481 e. The van der Waals surface area contributed by atoms with Crippen molar-refractivity contribution in [2.24, 2.45) is 11.5 Å². The van der Waals surface area contributed by atoms with Gasteiger partial charge in [-0.15, -0.1) is 0 Å². The number of amides is 3. The van der Waals surface area contributed by atoms with E-state index in [9.17, 15) is 19.2 Å². The second-order valence-electron chi connectivity index (χ2n) is 5.30. The van der Waals surface area contributed by atoms with E-state index in [0.717, 1.165) is 0 Å². The smallest absolute Gasteiger partial charge is 0.303 e. The van der Waals surface area contributed by atoms with E-state index in [0.29, 0.717) is 25.8 Å². The Morgan fingerprint density at radius 3 is 2.21 bits per heavy atom. The second-order valence-corrected chi connectivity index (χ2v) is 5.30. The van der Waals surface area contributed by atoms with Crippen molar-refractivity contribution in [2.75, 3.05) is 20.1 Å². The number of carbonyl (C=O) groups is 4. The molecule has 0 aliphatic carbocycles. The maximum Gasteiger partial charge on any atom is 0.303 e. The van der Waals surface area contributed by atoms with Crippen LogP contribution in [0.5, 0.6) is 0 Å². The van der Waals surface area contributed by atoms with Crippen LogP contribution in [0.1, 0.15) is 32.1 Å². The number of hydrogen-bond acceptors (Lipinski definition) is 6. The number of unbranched alkanes of at least 4 members (excludes halogenated alkanes) is 1. The SMILES string of the molecule is CNC(CCC(=O)O)C(=O)NC(CCCCN)C(=O)NCC(N)=O.